The minimum atomic E-state index is -0.776. The summed E-state index contributed by atoms with van der Waals surface area (Å²) in [7, 11) is 1.53. The van der Waals surface area contributed by atoms with Crippen molar-refractivity contribution >= 4 is 52.2 Å². The molecule has 1 unspecified atom stereocenters. The Hall–Kier alpha value is -4.97. The number of nitriles is 1. The van der Waals surface area contributed by atoms with Crippen LogP contribution in [0, 0.1) is 11.3 Å². The van der Waals surface area contributed by atoms with E-state index in [1.807, 2.05) is 72.8 Å². The summed E-state index contributed by atoms with van der Waals surface area (Å²) in [5.74, 6) is -0.819. The van der Waals surface area contributed by atoms with Crippen LogP contribution in [0.2, 0.25) is 5.02 Å². The summed E-state index contributed by atoms with van der Waals surface area (Å²) in [6.45, 7) is 1.78. The van der Waals surface area contributed by atoms with Gasteiger partial charge >= 0.3 is 0 Å². The number of rotatable bonds is 9. The van der Waals surface area contributed by atoms with Crippen LogP contribution < -0.4 is 20.3 Å². The molecule has 0 aromatic heterocycles. The first-order valence-corrected chi connectivity index (χ1v) is 15.2. The molecule has 220 valence electrons. The first-order valence-electron chi connectivity index (χ1n) is 13.8. The number of dihydropyridines is 1. The van der Waals surface area contributed by atoms with Crippen LogP contribution in [-0.4, -0.2) is 24.7 Å². The van der Waals surface area contributed by atoms with E-state index in [0.717, 1.165) is 11.4 Å². The van der Waals surface area contributed by atoms with Gasteiger partial charge in [0.2, 0.25) is 5.91 Å². The smallest absolute Gasteiger partial charge is 0.254 e. The zero-order valence-electron chi connectivity index (χ0n) is 24.1. The monoisotopic (exact) mass is 620 g/mol. The molecule has 1 atom stereocenters. The predicted molar refractivity (Wildman–Crippen MR) is 177 cm³/mol. The van der Waals surface area contributed by atoms with E-state index in [4.69, 9.17) is 16.3 Å². The molecule has 0 radical (unpaired) electrons. The van der Waals surface area contributed by atoms with E-state index in [9.17, 15) is 14.9 Å². The lowest BCUT2D eigenvalue weighted by Gasteiger charge is -2.30. The van der Waals surface area contributed by atoms with E-state index in [0.29, 0.717) is 38.3 Å². The molecule has 1 aliphatic rings. The van der Waals surface area contributed by atoms with E-state index >= 15 is 0 Å². The second-order valence-corrected chi connectivity index (χ2v) is 11.2. The summed E-state index contributed by atoms with van der Waals surface area (Å²) in [5.41, 5.74) is 3.74. The van der Waals surface area contributed by atoms with Crippen molar-refractivity contribution in [2.24, 2.45) is 0 Å². The number of thioether (sulfide) groups is 1. The first kappa shape index (κ1) is 30.5. The minimum Gasteiger partial charge on any atom is -0.495 e. The number of carbonyl (C=O) groups is 2. The van der Waals surface area contributed by atoms with Crippen molar-refractivity contribution in [2.75, 3.05) is 23.1 Å². The van der Waals surface area contributed by atoms with Gasteiger partial charge < -0.3 is 15.4 Å². The lowest BCUT2D eigenvalue weighted by atomic mass is 9.82. The predicted octanol–water partition coefficient (Wildman–Crippen LogP) is 7.78. The Kier molecular flexibility index (Phi) is 9.70. The van der Waals surface area contributed by atoms with Gasteiger partial charge in [-0.1, -0.05) is 90.1 Å². The normalized spacial score (nSPS) is 14.4. The van der Waals surface area contributed by atoms with Gasteiger partial charge in [-0.05, 0) is 55.0 Å². The summed E-state index contributed by atoms with van der Waals surface area (Å²) >= 11 is 7.88. The van der Waals surface area contributed by atoms with Crippen molar-refractivity contribution < 1.29 is 14.3 Å². The quantitative estimate of drug-likeness (QED) is 0.198. The number of allylic oxidation sites excluding steroid dienone is 2. The highest BCUT2D eigenvalue weighted by molar-refractivity contribution is 8.03. The summed E-state index contributed by atoms with van der Waals surface area (Å²) in [6, 6.07) is 35.4. The zero-order valence-corrected chi connectivity index (χ0v) is 25.7. The molecule has 0 aliphatic carbocycles. The second kappa shape index (κ2) is 14.0. The van der Waals surface area contributed by atoms with Gasteiger partial charge in [-0.2, -0.15) is 5.26 Å². The maximum Gasteiger partial charge on any atom is 0.254 e. The van der Waals surface area contributed by atoms with Crippen molar-refractivity contribution in [3.63, 3.8) is 0 Å². The number of halogens is 1. The molecule has 0 saturated carbocycles. The van der Waals surface area contributed by atoms with Crippen molar-refractivity contribution in [2.45, 2.75) is 12.8 Å². The van der Waals surface area contributed by atoms with Gasteiger partial charge in [0.05, 0.1) is 41.1 Å². The molecule has 4 aromatic carbocycles. The fourth-order valence-electron chi connectivity index (χ4n) is 5.07. The number of hydrogen-bond donors (Lipinski definition) is 2. The Morgan fingerprint density at radius 3 is 2.14 bits per heavy atom. The van der Waals surface area contributed by atoms with Crippen LogP contribution in [0.5, 0.6) is 5.75 Å². The highest BCUT2D eigenvalue weighted by Gasteiger charge is 2.36. The largest absolute Gasteiger partial charge is 0.495 e. The Labute approximate surface area is 265 Å². The van der Waals surface area contributed by atoms with Crippen LogP contribution >= 0.6 is 23.4 Å². The van der Waals surface area contributed by atoms with Crippen LogP contribution in [0.1, 0.15) is 18.4 Å². The second-order valence-electron chi connectivity index (χ2n) is 9.82. The lowest BCUT2D eigenvalue weighted by Crippen LogP contribution is -2.32. The molecule has 9 heteroatoms. The number of amides is 2. The number of nitrogens with one attached hydrogen (secondary N) is 2. The highest BCUT2D eigenvalue weighted by atomic mass is 35.5. The summed E-state index contributed by atoms with van der Waals surface area (Å²) < 4.78 is 5.42. The van der Waals surface area contributed by atoms with Gasteiger partial charge in [-0.25, -0.2) is 0 Å². The maximum absolute atomic E-state index is 13.9. The number of carbonyl (C=O) groups excluding carboxylic acids is 2. The molecular formula is C35H29ClN4O3S. The van der Waals surface area contributed by atoms with E-state index in [2.05, 4.69) is 16.7 Å². The standard InChI is InChI=1S/C35H29ClN4O3S/c1-23-32(34(42)39-29-19-11-12-20-30(29)43-2)33(26-17-9-10-18-28(26)36)27(21-37)35(38-23)44-22-31(41)40(24-13-5-3-6-14-24)25-15-7-4-8-16-25/h3-20,33,38H,22H2,1-2H3,(H,39,42). The van der Waals surface area contributed by atoms with Crippen LogP contribution in [0.25, 0.3) is 0 Å². The fraction of sp³-hybridized carbons (Fsp3) is 0.114. The molecular weight excluding hydrogens is 592 g/mol. The SMILES string of the molecule is COc1ccccc1NC(=O)C1=C(C)NC(SCC(=O)N(c2ccccc2)c2ccccc2)=C(C#N)C1c1ccccc1Cl. The Morgan fingerprint density at radius 1 is 0.932 bits per heavy atom. The maximum atomic E-state index is 13.9. The highest BCUT2D eigenvalue weighted by Crippen LogP contribution is 2.43. The Morgan fingerprint density at radius 2 is 1.52 bits per heavy atom. The Bertz CT molecular complexity index is 1750. The molecule has 1 heterocycles. The number of ether oxygens (including phenoxy) is 1. The molecule has 1 aliphatic heterocycles. The number of nitrogens with zero attached hydrogens (tertiary/aromatic N) is 2. The molecule has 5 rings (SSSR count). The number of anilines is 3. The molecule has 4 aromatic rings. The van der Waals surface area contributed by atoms with Crippen LogP contribution in [0.4, 0.5) is 17.1 Å². The number of methoxy groups -OCH3 is 1. The zero-order chi connectivity index (χ0) is 31.1. The molecule has 0 saturated heterocycles. The van der Waals surface area contributed by atoms with Gasteiger partial charge in [-0.15, -0.1) is 0 Å². The topological polar surface area (TPSA) is 94.5 Å². The average Bonchev–Trinajstić information content (AvgIpc) is 3.05. The van der Waals surface area contributed by atoms with Crippen molar-refractivity contribution in [1.29, 1.82) is 5.26 Å². The fourth-order valence-corrected chi connectivity index (χ4v) is 6.26. The summed E-state index contributed by atoms with van der Waals surface area (Å²) in [5, 5.41) is 17.6. The lowest BCUT2D eigenvalue weighted by molar-refractivity contribution is -0.115. The third-order valence-corrected chi connectivity index (χ3v) is 8.43. The van der Waals surface area contributed by atoms with Crippen molar-refractivity contribution in [1.82, 2.24) is 5.32 Å². The van der Waals surface area contributed by atoms with Gasteiger partial charge in [0, 0.05) is 27.7 Å². The molecule has 0 spiro atoms. The van der Waals surface area contributed by atoms with E-state index < -0.39 is 11.8 Å². The Balaban J connectivity index is 1.49. The van der Waals surface area contributed by atoms with Crippen molar-refractivity contribution in [3.8, 4) is 11.8 Å². The van der Waals surface area contributed by atoms with E-state index in [1.165, 1.54) is 18.9 Å². The van der Waals surface area contributed by atoms with Crippen molar-refractivity contribution in [3.05, 3.63) is 142 Å². The molecule has 7 nitrogen and oxygen atoms in total. The van der Waals surface area contributed by atoms with Gasteiger partial charge in [0.1, 0.15) is 5.75 Å². The average molecular weight is 621 g/mol. The molecule has 2 amide bonds. The number of benzene rings is 4. The molecule has 0 bridgehead atoms. The van der Waals surface area contributed by atoms with E-state index in [-0.39, 0.29) is 17.2 Å². The molecule has 0 fully saturated rings. The number of para-hydroxylation sites is 4. The third-order valence-electron chi connectivity index (χ3n) is 7.08. The van der Waals surface area contributed by atoms with Crippen LogP contribution in [-0.2, 0) is 9.59 Å². The third kappa shape index (κ3) is 6.50. The van der Waals surface area contributed by atoms with E-state index in [1.54, 1.807) is 48.2 Å². The minimum absolute atomic E-state index is 0.0303. The molecule has 44 heavy (non-hydrogen) atoms. The summed E-state index contributed by atoms with van der Waals surface area (Å²) in [6.07, 6.45) is 0. The first-order chi connectivity index (χ1) is 21.4. The van der Waals surface area contributed by atoms with Gasteiger partial charge in [0.15, 0.2) is 0 Å². The van der Waals surface area contributed by atoms with Crippen LogP contribution in [0.3, 0.4) is 0 Å². The van der Waals surface area contributed by atoms with Crippen LogP contribution in [0.15, 0.2) is 131 Å². The van der Waals surface area contributed by atoms with Gasteiger partial charge in [0.25, 0.3) is 5.91 Å². The summed E-state index contributed by atoms with van der Waals surface area (Å²) in [4.78, 5) is 29.3. The number of hydrogen-bond acceptors (Lipinski definition) is 6. The molecule has 2 N–H and O–H groups in total. The van der Waals surface area contributed by atoms with Gasteiger partial charge in [-0.3, -0.25) is 14.5 Å².